The lowest BCUT2D eigenvalue weighted by Gasteiger charge is -2.17. The van der Waals surface area contributed by atoms with Crippen LogP contribution < -0.4 is 10.1 Å². The largest absolute Gasteiger partial charge is 0.484 e. The van der Waals surface area contributed by atoms with Crippen LogP contribution in [0.25, 0.3) is 0 Å². The molecule has 0 fully saturated rings. The van der Waals surface area contributed by atoms with Crippen LogP contribution in [0, 0.1) is 0 Å². The first kappa shape index (κ1) is 19.6. The molecule has 0 bridgehead atoms. The van der Waals surface area contributed by atoms with Gasteiger partial charge in [-0.15, -0.1) is 0 Å². The Bertz CT molecular complexity index is 699. The highest BCUT2D eigenvalue weighted by Crippen LogP contribution is 2.28. The molecule has 0 unspecified atom stereocenters. The average molecular weight is 385 g/mol. The summed E-state index contributed by atoms with van der Waals surface area (Å²) in [5.74, 6) is 1.08. The Morgan fingerprint density at radius 3 is 2.64 bits per heavy atom. The Kier molecular flexibility index (Phi) is 7.62. The summed E-state index contributed by atoms with van der Waals surface area (Å²) in [5.41, 5.74) is 0. The number of carbonyl (C=O) groups excluding carboxylic acids is 1. The predicted molar refractivity (Wildman–Crippen MR) is 99.6 cm³/mol. The van der Waals surface area contributed by atoms with E-state index in [1.807, 2.05) is 0 Å². The van der Waals surface area contributed by atoms with Crippen molar-refractivity contribution in [3.05, 3.63) is 51.9 Å². The lowest BCUT2D eigenvalue weighted by Crippen LogP contribution is -2.34. The van der Waals surface area contributed by atoms with Gasteiger partial charge >= 0.3 is 0 Å². The Hall–Kier alpha value is -1.69. The van der Waals surface area contributed by atoms with Crippen LogP contribution in [0.2, 0.25) is 10.0 Å². The number of furan rings is 1. The van der Waals surface area contributed by atoms with Crippen molar-refractivity contribution in [3.8, 4) is 5.75 Å². The normalized spacial score (nSPS) is 10.9. The third-order valence-corrected chi connectivity index (χ3v) is 4.29. The molecule has 0 radical (unpaired) electrons. The third kappa shape index (κ3) is 5.96. The number of rotatable bonds is 9. The molecule has 136 valence electrons. The molecular formula is C18H22Cl2N2O3. The molecule has 0 aliphatic rings. The number of ether oxygens (including phenoxy) is 1. The van der Waals surface area contributed by atoms with E-state index >= 15 is 0 Å². The molecule has 0 atom stereocenters. The molecule has 1 N–H and O–H groups in total. The van der Waals surface area contributed by atoms with Gasteiger partial charge in [-0.25, -0.2) is 0 Å². The zero-order chi connectivity index (χ0) is 18.2. The minimum atomic E-state index is -0.233. The number of nitrogens with one attached hydrogen (secondary N) is 1. The molecule has 0 aliphatic heterocycles. The highest BCUT2D eigenvalue weighted by atomic mass is 35.5. The molecule has 5 nitrogen and oxygen atoms in total. The molecular weight excluding hydrogens is 363 g/mol. The summed E-state index contributed by atoms with van der Waals surface area (Å²) >= 11 is 11.9. The molecule has 0 saturated heterocycles. The van der Waals surface area contributed by atoms with E-state index in [1.165, 1.54) is 0 Å². The van der Waals surface area contributed by atoms with Crippen LogP contribution in [0.3, 0.4) is 0 Å². The molecule has 0 spiro atoms. The Morgan fingerprint density at radius 2 is 1.96 bits per heavy atom. The van der Waals surface area contributed by atoms with Crippen molar-refractivity contribution in [2.45, 2.75) is 20.5 Å². The minimum Gasteiger partial charge on any atom is -0.484 e. The summed E-state index contributed by atoms with van der Waals surface area (Å²) in [6.07, 6.45) is 0. The van der Waals surface area contributed by atoms with E-state index in [-0.39, 0.29) is 18.3 Å². The van der Waals surface area contributed by atoms with Crippen molar-refractivity contribution in [1.29, 1.82) is 0 Å². The monoisotopic (exact) mass is 384 g/mol. The van der Waals surface area contributed by atoms with Gasteiger partial charge in [0.05, 0.1) is 5.02 Å². The fraction of sp³-hybridized carbons (Fsp3) is 0.389. The van der Waals surface area contributed by atoms with Gasteiger partial charge < -0.3 is 19.4 Å². The Balaban J connectivity index is 1.83. The van der Waals surface area contributed by atoms with Crippen LogP contribution >= 0.6 is 23.2 Å². The summed E-state index contributed by atoms with van der Waals surface area (Å²) in [7, 11) is 0. The van der Waals surface area contributed by atoms with E-state index in [4.69, 9.17) is 32.4 Å². The first-order valence-electron chi connectivity index (χ1n) is 8.20. The smallest absolute Gasteiger partial charge is 0.287 e. The quantitative estimate of drug-likeness (QED) is 0.702. The Morgan fingerprint density at radius 1 is 1.20 bits per heavy atom. The van der Waals surface area contributed by atoms with Gasteiger partial charge in [0.2, 0.25) is 0 Å². The number of amides is 1. The average Bonchev–Trinajstić information content (AvgIpc) is 3.07. The molecule has 25 heavy (non-hydrogen) atoms. The molecule has 1 aromatic heterocycles. The molecule has 0 saturated carbocycles. The second kappa shape index (κ2) is 9.70. The van der Waals surface area contributed by atoms with Gasteiger partial charge in [0.25, 0.3) is 5.91 Å². The van der Waals surface area contributed by atoms with Crippen LogP contribution in [0.15, 0.2) is 34.7 Å². The van der Waals surface area contributed by atoms with Gasteiger partial charge in [0.1, 0.15) is 18.1 Å². The van der Waals surface area contributed by atoms with Crippen LogP contribution in [-0.2, 0) is 6.61 Å². The van der Waals surface area contributed by atoms with Gasteiger partial charge in [-0.1, -0.05) is 37.0 Å². The summed E-state index contributed by atoms with van der Waals surface area (Å²) in [4.78, 5) is 14.3. The van der Waals surface area contributed by atoms with Crippen molar-refractivity contribution in [1.82, 2.24) is 10.2 Å². The van der Waals surface area contributed by atoms with Crippen molar-refractivity contribution in [3.63, 3.8) is 0 Å². The van der Waals surface area contributed by atoms with E-state index in [0.717, 1.165) is 19.6 Å². The molecule has 0 aliphatic carbocycles. The summed E-state index contributed by atoms with van der Waals surface area (Å²) in [6.45, 7) is 7.67. The van der Waals surface area contributed by atoms with Gasteiger partial charge in [-0.2, -0.15) is 0 Å². The lowest BCUT2D eigenvalue weighted by molar-refractivity contribution is 0.0917. The van der Waals surface area contributed by atoms with Crippen LogP contribution in [-0.4, -0.2) is 37.0 Å². The molecule has 1 heterocycles. The zero-order valence-electron chi connectivity index (χ0n) is 14.4. The highest BCUT2D eigenvalue weighted by Gasteiger charge is 2.12. The van der Waals surface area contributed by atoms with Gasteiger partial charge in [-0.05, 0) is 43.4 Å². The molecule has 7 heteroatoms. The minimum absolute atomic E-state index is 0.175. The first-order chi connectivity index (χ1) is 12.0. The molecule has 2 rings (SSSR count). The Labute approximate surface area is 157 Å². The SMILES string of the molecule is CCN(CC)CCNC(=O)c1ccc(COc2ccc(Cl)cc2Cl)o1. The summed E-state index contributed by atoms with van der Waals surface area (Å²) < 4.78 is 11.1. The topological polar surface area (TPSA) is 54.7 Å². The fourth-order valence-corrected chi connectivity index (χ4v) is 2.74. The number of hydrogen-bond donors (Lipinski definition) is 1. The maximum absolute atomic E-state index is 12.1. The van der Waals surface area contributed by atoms with Gasteiger partial charge in [0, 0.05) is 18.1 Å². The number of benzene rings is 1. The number of likely N-dealkylation sites (N-methyl/N-ethyl adjacent to an activating group) is 1. The van der Waals surface area contributed by atoms with Gasteiger partial charge in [-0.3, -0.25) is 4.79 Å². The van der Waals surface area contributed by atoms with E-state index < -0.39 is 0 Å². The van der Waals surface area contributed by atoms with Crippen LogP contribution in [0.5, 0.6) is 5.75 Å². The first-order valence-corrected chi connectivity index (χ1v) is 8.96. The van der Waals surface area contributed by atoms with Crippen LogP contribution in [0.4, 0.5) is 0 Å². The zero-order valence-corrected chi connectivity index (χ0v) is 15.9. The fourth-order valence-electron chi connectivity index (χ4n) is 2.27. The van der Waals surface area contributed by atoms with Crippen LogP contribution in [0.1, 0.15) is 30.2 Å². The number of nitrogens with zero attached hydrogens (tertiary/aromatic N) is 1. The standard InChI is InChI=1S/C18H22Cl2N2O3/c1-3-22(4-2)10-9-21-18(23)17-8-6-14(25-17)12-24-16-7-5-13(19)11-15(16)20/h5-8,11H,3-4,9-10,12H2,1-2H3,(H,21,23). The number of carbonyl (C=O) groups is 1. The number of hydrogen-bond acceptors (Lipinski definition) is 4. The lowest BCUT2D eigenvalue weighted by atomic mass is 10.3. The molecule has 2 aromatic rings. The van der Waals surface area contributed by atoms with Gasteiger partial charge in [0.15, 0.2) is 5.76 Å². The van der Waals surface area contributed by atoms with Crippen molar-refractivity contribution >= 4 is 29.1 Å². The maximum atomic E-state index is 12.1. The van der Waals surface area contributed by atoms with E-state index in [0.29, 0.717) is 28.1 Å². The molecule has 1 aromatic carbocycles. The van der Waals surface area contributed by atoms with E-state index in [9.17, 15) is 4.79 Å². The summed E-state index contributed by atoms with van der Waals surface area (Å²) in [6, 6.07) is 8.33. The highest BCUT2D eigenvalue weighted by molar-refractivity contribution is 6.35. The molecule has 1 amide bonds. The third-order valence-electron chi connectivity index (χ3n) is 3.76. The second-order valence-electron chi connectivity index (χ2n) is 5.41. The van der Waals surface area contributed by atoms with Crippen molar-refractivity contribution < 1.29 is 13.9 Å². The second-order valence-corrected chi connectivity index (χ2v) is 6.26. The predicted octanol–water partition coefficient (Wildman–Crippen LogP) is 4.24. The van der Waals surface area contributed by atoms with E-state index in [2.05, 4.69) is 24.1 Å². The van der Waals surface area contributed by atoms with Crippen molar-refractivity contribution in [2.75, 3.05) is 26.2 Å². The maximum Gasteiger partial charge on any atom is 0.287 e. The van der Waals surface area contributed by atoms with E-state index in [1.54, 1.807) is 30.3 Å². The number of halogens is 2. The summed E-state index contributed by atoms with van der Waals surface area (Å²) in [5, 5.41) is 3.81. The van der Waals surface area contributed by atoms with Crippen molar-refractivity contribution in [2.24, 2.45) is 0 Å².